The van der Waals surface area contributed by atoms with Gasteiger partial charge in [-0.3, -0.25) is 10.1 Å². The number of aryl methyl sites for hydroxylation is 1. The Morgan fingerprint density at radius 2 is 2.46 bits per heavy atom. The van der Waals surface area contributed by atoms with Crippen molar-refractivity contribution < 1.29 is 4.79 Å². The van der Waals surface area contributed by atoms with E-state index in [-0.39, 0.29) is 10.7 Å². The number of alkyl halides is 1. The van der Waals surface area contributed by atoms with Crippen molar-refractivity contribution in [3.8, 4) is 0 Å². The number of nitrogens with one attached hydrogen (secondary N) is 1. The SMILES string of the molecule is CCC(Br)C(=O)Nc1nc(C)ns1. The second-order valence-electron chi connectivity index (χ2n) is 2.51. The van der Waals surface area contributed by atoms with E-state index in [9.17, 15) is 4.79 Å². The van der Waals surface area contributed by atoms with Crippen LogP contribution in [-0.4, -0.2) is 20.1 Å². The van der Waals surface area contributed by atoms with Gasteiger partial charge in [0.15, 0.2) is 0 Å². The first kappa shape index (κ1) is 10.6. The lowest BCUT2D eigenvalue weighted by atomic mass is 10.3. The molecule has 0 aliphatic rings. The first-order valence-corrected chi connectivity index (χ1v) is 5.57. The van der Waals surface area contributed by atoms with Crippen molar-refractivity contribution in [3.05, 3.63) is 5.82 Å². The summed E-state index contributed by atoms with van der Waals surface area (Å²) in [5.74, 6) is 0.613. The van der Waals surface area contributed by atoms with Gasteiger partial charge in [0.05, 0.1) is 4.83 Å². The van der Waals surface area contributed by atoms with Crippen molar-refractivity contribution in [1.82, 2.24) is 9.36 Å². The number of nitrogens with zero attached hydrogens (tertiary/aromatic N) is 2. The molecule has 1 N–H and O–H groups in total. The monoisotopic (exact) mass is 263 g/mol. The van der Waals surface area contributed by atoms with Crippen molar-refractivity contribution in [1.29, 1.82) is 0 Å². The molecule has 1 aromatic heterocycles. The molecule has 0 fully saturated rings. The molecule has 6 heteroatoms. The molecule has 0 aromatic carbocycles. The van der Waals surface area contributed by atoms with E-state index in [2.05, 4.69) is 30.6 Å². The van der Waals surface area contributed by atoms with Gasteiger partial charge in [-0.25, -0.2) is 4.98 Å². The van der Waals surface area contributed by atoms with Crippen LogP contribution in [0.2, 0.25) is 0 Å². The van der Waals surface area contributed by atoms with Crippen LogP contribution >= 0.6 is 27.5 Å². The van der Waals surface area contributed by atoms with Crippen LogP contribution in [-0.2, 0) is 4.79 Å². The maximum atomic E-state index is 11.3. The minimum atomic E-state index is -0.156. The molecule has 13 heavy (non-hydrogen) atoms. The van der Waals surface area contributed by atoms with Gasteiger partial charge in [-0.2, -0.15) is 4.37 Å². The average molecular weight is 264 g/mol. The molecule has 1 rings (SSSR count). The Bertz CT molecular complexity index is 302. The second kappa shape index (κ2) is 4.66. The quantitative estimate of drug-likeness (QED) is 0.849. The first-order chi connectivity index (χ1) is 6.13. The Kier molecular flexibility index (Phi) is 3.80. The molecule has 0 radical (unpaired) electrons. The van der Waals surface area contributed by atoms with Gasteiger partial charge in [-0.1, -0.05) is 22.9 Å². The lowest BCUT2D eigenvalue weighted by Crippen LogP contribution is -2.21. The van der Waals surface area contributed by atoms with Gasteiger partial charge in [0, 0.05) is 11.5 Å². The van der Waals surface area contributed by atoms with Crippen LogP contribution < -0.4 is 5.32 Å². The smallest absolute Gasteiger partial charge is 0.239 e. The summed E-state index contributed by atoms with van der Waals surface area (Å²) >= 11 is 4.44. The van der Waals surface area contributed by atoms with Crippen LogP contribution in [0, 0.1) is 6.92 Å². The van der Waals surface area contributed by atoms with Crippen molar-refractivity contribution in [2.45, 2.75) is 25.1 Å². The number of anilines is 1. The number of hydrogen-bond acceptors (Lipinski definition) is 4. The van der Waals surface area contributed by atoms with Crippen LogP contribution in [0.5, 0.6) is 0 Å². The topological polar surface area (TPSA) is 54.9 Å². The molecule has 1 amide bonds. The van der Waals surface area contributed by atoms with E-state index >= 15 is 0 Å². The van der Waals surface area contributed by atoms with Crippen LogP contribution in [0.3, 0.4) is 0 Å². The lowest BCUT2D eigenvalue weighted by molar-refractivity contribution is -0.115. The van der Waals surface area contributed by atoms with Gasteiger partial charge < -0.3 is 0 Å². The molecule has 1 heterocycles. The zero-order valence-electron chi connectivity index (χ0n) is 7.37. The summed E-state index contributed by atoms with van der Waals surface area (Å²) in [7, 11) is 0. The Morgan fingerprint density at radius 3 is 2.92 bits per heavy atom. The number of aromatic nitrogens is 2. The van der Waals surface area contributed by atoms with E-state index < -0.39 is 0 Å². The summed E-state index contributed by atoms with van der Waals surface area (Å²) in [5, 5.41) is 3.23. The predicted molar refractivity (Wildman–Crippen MR) is 56.3 cm³/mol. The predicted octanol–water partition coefficient (Wildman–Crippen LogP) is 1.96. The zero-order chi connectivity index (χ0) is 9.84. The third-order valence-corrected chi connectivity index (χ3v) is 3.19. The summed E-state index contributed by atoms with van der Waals surface area (Å²) in [6.45, 7) is 3.72. The van der Waals surface area contributed by atoms with Gasteiger partial charge in [-0.05, 0) is 13.3 Å². The van der Waals surface area contributed by atoms with Crippen molar-refractivity contribution >= 4 is 38.5 Å². The normalized spacial score (nSPS) is 12.5. The van der Waals surface area contributed by atoms with E-state index in [0.717, 1.165) is 6.42 Å². The molecule has 1 aromatic rings. The highest BCUT2D eigenvalue weighted by atomic mass is 79.9. The molecular weight excluding hydrogens is 254 g/mol. The summed E-state index contributed by atoms with van der Waals surface area (Å²) in [6, 6.07) is 0. The van der Waals surface area contributed by atoms with Crippen LogP contribution in [0.1, 0.15) is 19.2 Å². The van der Waals surface area contributed by atoms with E-state index in [4.69, 9.17) is 0 Å². The molecule has 4 nitrogen and oxygen atoms in total. The molecule has 0 bridgehead atoms. The molecular formula is C7H10BrN3OS. The summed E-state index contributed by atoms with van der Waals surface area (Å²) in [5.41, 5.74) is 0. The van der Waals surface area contributed by atoms with Gasteiger partial charge >= 0.3 is 0 Å². The third-order valence-electron chi connectivity index (χ3n) is 1.40. The number of carbonyl (C=O) groups is 1. The minimum absolute atomic E-state index is 0.0707. The largest absolute Gasteiger partial charge is 0.300 e. The summed E-state index contributed by atoms with van der Waals surface area (Å²) in [4.78, 5) is 15.2. The van der Waals surface area contributed by atoms with Gasteiger partial charge in [0.1, 0.15) is 5.82 Å². The van der Waals surface area contributed by atoms with E-state index in [1.54, 1.807) is 6.92 Å². The van der Waals surface area contributed by atoms with Crippen LogP contribution in [0.15, 0.2) is 0 Å². The third kappa shape index (κ3) is 3.04. The highest BCUT2D eigenvalue weighted by molar-refractivity contribution is 9.10. The minimum Gasteiger partial charge on any atom is -0.300 e. The van der Waals surface area contributed by atoms with Gasteiger partial charge in [0.2, 0.25) is 11.0 Å². The first-order valence-electron chi connectivity index (χ1n) is 3.88. The Balaban J connectivity index is 2.54. The van der Waals surface area contributed by atoms with Crippen molar-refractivity contribution in [2.75, 3.05) is 5.32 Å². The molecule has 0 saturated carbocycles. The zero-order valence-corrected chi connectivity index (χ0v) is 9.78. The fourth-order valence-electron chi connectivity index (χ4n) is 0.717. The maximum Gasteiger partial charge on any atom is 0.239 e. The maximum absolute atomic E-state index is 11.3. The van der Waals surface area contributed by atoms with Crippen LogP contribution in [0.25, 0.3) is 0 Å². The number of halogens is 1. The number of rotatable bonds is 3. The average Bonchev–Trinajstić information content (AvgIpc) is 2.49. The summed E-state index contributed by atoms with van der Waals surface area (Å²) < 4.78 is 3.96. The highest BCUT2D eigenvalue weighted by Gasteiger charge is 2.13. The molecule has 0 aliphatic carbocycles. The molecule has 0 saturated heterocycles. The molecule has 1 atom stereocenters. The van der Waals surface area contributed by atoms with Crippen molar-refractivity contribution in [2.24, 2.45) is 0 Å². The van der Waals surface area contributed by atoms with Gasteiger partial charge in [-0.15, -0.1) is 0 Å². The molecule has 72 valence electrons. The Hall–Kier alpha value is -0.490. The Labute approximate surface area is 89.1 Å². The standard InChI is InChI=1S/C7H10BrN3OS/c1-3-5(8)6(12)10-7-9-4(2)11-13-7/h5H,3H2,1-2H3,(H,9,10,11,12). The molecule has 0 spiro atoms. The molecule has 1 unspecified atom stereocenters. The fourth-order valence-corrected chi connectivity index (χ4v) is 1.41. The lowest BCUT2D eigenvalue weighted by Gasteiger charge is -2.04. The number of hydrogen-bond donors (Lipinski definition) is 1. The highest BCUT2D eigenvalue weighted by Crippen LogP contribution is 2.13. The molecule has 0 aliphatic heterocycles. The van der Waals surface area contributed by atoms with Gasteiger partial charge in [0.25, 0.3) is 0 Å². The Morgan fingerprint density at radius 1 is 1.77 bits per heavy atom. The number of carbonyl (C=O) groups excluding carboxylic acids is 1. The summed E-state index contributed by atoms with van der Waals surface area (Å²) in [6.07, 6.45) is 0.754. The second-order valence-corrected chi connectivity index (χ2v) is 4.37. The number of amides is 1. The fraction of sp³-hybridized carbons (Fsp3) is 0.571. The van der Waals surface area contributed by atoms with E-state index in [1.165, 1.54) is 11.5 Å². The van der Waals surface area contributed by atoms with Crippen molar-refractivity contribution in [3.63, 3.8) is 0 Å². The van der Waals surface area contributed by atoms with E-state index in [0.29, 0.717) is 11.0 Å². The van der Waals surface area contributed by atoms with Crippen LogP contribution in [0.4, 0.5) is 5.13 Å². The van der Waals surface area contributed by atoms with E-state index in [1.807, 2.05) is 6.92 Å².